The standard InChI is InChI=1S/C13H14FN3/c1-9-16-8-7-12(17-9)13(15-2)10-5-3-4-6-11(10)14/h3-8,13,15H,1-2H3. The van der Waals surface area contributed by atoms with Gasteiger partial charge in [-0.15, -0.1) is 0 Å². The van der Waals surface area contributed by atoms with Crippen molar-refractivity contribution in [3.8, 4) is 0 Å². The van der Waals surface area contributed by atoms with E-state index < -0.39 is 0 Å². The fourth-order valence-electron chi connectivity index (χ4n) is 1.81. The lowest BCUT2D eigenvalue weighted by atomic mass is 10.0. The van der Waals surface area contributed by atoms with Crippen molar-refractivity contribution in [1.29, 1.82) is 0 Å². The number of benzene rings is 1. The summed E-state index contributed by atoms with van der Waals surface area (Å²) in [6, 6.07) is 8.24. The Kier molecular flexibility index (Phi) is 3.44. The van der Waals surface area contributed by atoms with Crippen molar-refractivity contribution in [2.24, 2.45) is 0 Å². The van der Waals surface area contributed by atoms with Gasteiger partial charge < -0.3 is 5.32 Å². The van der Waals surface area contributed by atoms with E-state index >= 15 is 0 Å². The van der Waals surface area contributed by atoms with Crippen molar-refractivity contribution in [2.45, 2.75) is 13.0 Å². The first-order valence-electron chi connectivity index (χ1n) is 5.43. The van der Waals surface area contributed by atoms with E-state index in [1.165, 1.54) is 6.07 Å². The summed E-state index contributed by atoms with van der Waals surface area (Å²) in [7, 11) is 1.79. The molecular weight excluding hydrogens is 217 g/mol. The van der Waals surface area contributed by atoms with Crippen LogP contribution in [0.15, 0.2) is 36.5 Å². The molecule has 1 atom stereocenters. The number of hydrogen-bond donors (Lipinski definition) is 1. The monoisotopic (exact) mass is 231 g/mol. The summed E-state index contributed by atoms with van der Waals surface area (Å²) in [4.78, 5) is 8.36. The van der Waals surface area contributed by atoms with Crippen molar-refractivity contribution in [3.05, 3.63) is 59.4 Å². The molecule has 17 heavy (non-hydrogen) atoms. The SMILES string of the molecule is CNC(c1ccnc(C)n1)c1ccccc1F. The molecule has 0 aliphatic rings. The van der Waals surface area contributed by atoms with Crippen molar-refractivity contribution >= 4 is 0 Å². The molecule has 0 saturated carbocycles. The van der Waals surface area contributed by atoms with Gasteiger partial charge in [0.15, 0.2) is 0 Å². The third-order valence-electron chi connectivity index (χ3n) is 2.60. The van der Waals surface area contributed by atoms with E-state index in [4.69, 9.17) is 0 Å². The van der Waals surface area contributed by atoms with Crippen molar-refractivity contribution in [1.82, 2.24) is 15.3 Å². The fourth-order valence-corrected chi connectivity index (χ4v) is 1.81. The highest BCUT2D eigenvalue weighted by Crippen LogP contribution is 2.22. The van der Waals surface area contributed by atoms with Gasteiger partial charge in [0.25, 0.3) is 0 Å². The predicted molar refractivity (Wildman–Crippen MR) is 64.1 cm³/mol. The Morgan fingerprint density at radius 1 is 1.24 bits per heavy atom. The molecule has 88 valence electrons. The maximum Gasteiger partial charge on any atom is 0.128 e. The third kappa shape index (κ3) is 2.47. The third-order valence-corrected chi connectivity index (χ3v) is 2.60. The maximum absolute atomic E-state index is 13.7. The summed E-state index contributed by atoms with van der Waals surface area (Å²) in [6.07, 6.45) is 1.68. The molecule has 1 unspecified atom stereocenters. The fraction of sp³-hybridized carbons (Fsp3) is 0.231. The van der Waals surface area contributed by atoms with E-state index in [1.54, 1.807) is 31.4 Å². The van der Waals surface area contributed by atoms with E-state index in [2.05, 4.69) is 15.3 Å². The largest absolute Gasteiger partial charge is 0.308 e. The molecule has 0 bridgehead atoms. The molecule has 1 N–H and O–H groups in total. The Morgan fingerprint density at radius 3 is 2.65 bits per heavy atom. The van der Waals surface area contributed by atoms with Crippen LogP contribution in [0, 0.1) is 12.7 Å². The smallest absolute Gasteiger partial charge is 0.128 e. The zero-order valence-corrected chi connectivity index (χ0v) is 9.81. The highest BCUT2D eigenvalue weighted by atomic mass is 19.1. The van der Waals surface area contributed by atoms with Crippen molar-refractivity contribution in [3.63, 3.8) is 0 Å². The van der Waals surface area contributed by atoms with Crippen LogP contribution in [0.2, 0.25) is 0 Å². The summed E-state index contributed by atoms with van der Waals surface area (Å²) in [5, 5.41) is 3.07. The van der Waals surface area contributed by atoms with Crippen molar-refractivity contribution < 1.29 is 4.39 Å². The van der Waals surface area contributed by atoms with Crippen LogP contribution in [0.25, 0.3) is 0 Å². The van der Waals surface area contributed by atoms with Gasteiger partial charge in [-0.05, 0) is 26.1 Å². The zero-order chi connectivity index (χ0) is 12.3. The number of aromatic nitrogens is 2. The number of hydrogen-bond acceptors (Lipinski definition) is 3. The molecule has 2 rings (SSSR count). The molecule has 0 fully saturated rings. The van der Waals surface area contributed by atoms with Gasteiger partial charge in [0.05, 0.1) is 11.7 Å². The lowest BCUT2D eigenvalue weighted by molar-refractivity contribution is 0.569. The molecule has 0 aliphatic heterocycles. The minimum atomic E-state index is -0.252. The Balaban J connectivity index is 2.44. The van der Waals surface area contributed by atoms with E-state index in [0.29, 0.717) is 11.4 Å². The molecule has 1 heterocycles. The quantitative estimate of drug-likeness (QED) is 0.880. The second-order valence-electron chi connectivity index (χ2n) is 3.77. The first-order valence-corrected chi connectivity index (χ1v) is 5.43. The number of aryl methyl sites for hydroxylation is 1. The van der Waals surface area contributed by atoms with Crippen LogP contribution in [0.4, 0.5) is 4.39 Å². The van der Waals surface area contributed by atoms with E-state index in [1.807, 2.05) is 13.0 Å². The highest BCUT2D eigenvalue weighted by molar-refractivity contribution is 5.28. The molecule has 0 radical (unpaired) electrons. The summed E-state index contributed by atoms with van der Waals surface area (Å²) < 4.78 is 13.7. The Morgan fingerprint density at radius 2 is 2.00 bits per heavy atom. The highest BCUT2D eigenvalue weighted by Gasteiger charge is 2.16. The molecule has 0 spiro atoms. The van der Waals surface area contributed by atoms with Gasteiger partial charge in [-0.3, -0.25) is 0 Å². The number of rotatable bonds is 3. The normalized spacial score (nSPS) is 12.4. The summed E-state index contributed by atoms with van der Waals surface area (Å²) in [6.45, 7) is 1.82. The van der Waals surface area contributed by atoms with E-state index in [0.717, 1.165) is 5.69 Å². The lowest BCUT2D eigenvalue weighted by Crippen LogP contribution is -2.20. The van der Waals surface area contributed by atoms with Gasteiger partial charge in [0, 0.05) is 11.8 Å². The lowest BCUT2D eigenvalue weighted by Gasteiger charge is -2.16. The zero-order valence-electron chi connectivity index (χ0n) is 9.81. The molecule has 0 saturated heterocycles. The van der Waals surface area contributed by atoms with E-state index in [-0.39, 0.29) is 11.9 Å². The topological polar surface area (TPSA) is 37.8 Å². The van der Waals surface area contributed by atoms with Crippen LogP contribution in [-0.4, -0.2) is 17.0 Å². The van der Waals surface area contributed by atoms with Crippen molar-refractivity contribution in [2.75, 3.05) is 7.05 Å². The number of halogens is 1. The molecule has 4 heteroatoms. The van der Waals surface area contributed by atoms with Crippen LogP contribution in [-0.2, 0) is 0 Å². The predicted octanol–water partition coefficient (Wildman–Crippen LogP) is 2.23. The van der Waals surface area contributed by atoms with Gasteiger partial charge in [-0.2, -0.15) is 0 Å². The Bertz CT molecular complexity index is 514. The molecule has 1 aromatic carbocycles. The first kappa shape index (κ1) is 11.7. The van der Waals surface area contributed by atoms with Crippen LogP contribution >= 0.6 is 0 Å². The average Bonchev–Trinajstić information content (AvgIpc) is 2.33. The summed E-state index contributed by atoms with van der Waals surface area (Å²) in [5.41, 5.74) is 1.36. The van der Waals surface area contributed by atoms with Crippen LogP contribution in [0.3, 0.4) is 0 Å². The van der Waals surface area contributed by atoms with Crippen LogP contribution in [0.5, 0.6) is 0 Å². The molecule has 1 aromatic heterocycles. The maximum atomic E-state index is 13.7. The number of nitrogens with one attached hydrogen (secondary N) is 1. The Hall–Kier alpha value is -1.81. The van der Waals surface area contributed by atoms with Gasteiger partial charge in [-0.25, -0.2) is 14.4 Å². The van der Waals surface area contributed by atoms with Crippen LogP contribution in [0.1, 0.15) is 23.1 Å². The molecule has 3 nitrogen and oxygen atoms in total. The summed E-state index contributed by atoms with van der Waals surface area (Å²) in [5.74, 6) is 0.446. The minimum Gasteiger partial charge on any atom is -0.308 e. The second-order valence-corrected chi connectivity index (χ2v) is 3.77. The average molecular weight is 231 g/mol. The second kappa shape index (κ2) is 5.01. The van der Waals surface area contributed by atoms with Crippen LogP contribution < -0.4 is 5.32 Å². The minimum absolute atomic E-state index is 0.233. The number of nitrogens with zero attached hydrogens (tertiary/aromatic N) is 2. The molecule has 0 amide bonds. The molecule has 0 aliphatic carbocycles. The Labute approximate surface area is 99.7 Å². The van der Waals surface area contributed by atoms with Gasteiger partial charge in [-0.1, -0.05) is 18.2 Å². The first-order chi connectivity index (χ1) is 8.22. The van der Waals surface area contributed by atoms with Gasteiger partial charge >= 0.3 is 0 Å². The molecule has 2 aromatic rings. The van der Waals surface area contributed by atoms with Gasteiger partial charge in [0.2, 0.25) is 0 Å². The summed E-state index contributed by atoms with van der Waals surface area (Å²) >= 11 is 0. The van der Waals surface area contributed by atoms with Gasteiger partial charge in [0.1, 0.15) is 11.6 Å². The molecular formula is C13H14FN3. The van der Waals surface area contributed by atoms with E-state index in [9.17, 15) is 4.39 Å².